The Morgan fingerprint density at radius 2 is 0.764 bits per heavy atom. The number of hydrogen-bond donors (Lipinski definition) is 0. The third-order valence-corrected chi connectivity index (χ3v) is 9.81. The van der Waals surface area contributed by atoms with E-state index < -0.39 is 0 Å². The number of aromatic nitrogens is 5. The van der Waals surface area contributed by atoms with Crippen molar-refractivity contribution in [2.75, 3.05) is 0 Å². The number of furan rings is 1. The van der Waals surface area contributed by atoms with Crippen molar-refractivity contribution in [3.63, 3.8) is 0 Å². The molecule has 0 bridgehead atoms. The van der Waals surface area contributed by atoms with E-state index in [1.807, 2.05) is 91.0 Å². The highest BCUT2D eigenvalue weighted by molar-refractivity contribution is 6.06. The summed E-state index contributed by atoms with van der Waals surface area (Å²) in [5.74, 6) is 0. The van der Waals surface area contributed by atoms with Gasteiger partial charge in [0.2, 0.25) is 0 Å². The van der Waals surface area contributed by atoms with Crippen molar-refractivity contribution in [2.45, 2.75) is 0 Å². The highest BCUT2D eigenvalue weighted by atomic mass is 16.3. The van der Waals surface area contributed by atoms with Crippen LogP contribution in [-0.2, 0) is 0 Å². The highest BCUT2D eigenvalue weighted by Gasteiger charge is 2.21. The van der Waals surface area contributed by atoms with Crippen LogP contribution < -0.4 is 0 Å². The van der Waals surface area contributed by atoms with Crippen LogP contribution in [0.5, 0.6) is 0 Å². The minimum absolute atomic E-state index is 0.781. The average molecular weight is 706 g/mol. The molecule has 0 fully saturated rings. The lowest BCUT2D eigenvalue weighted by Gasteiger charge is -2.16. The van der Waals surface area contributed by atoms with Crippen molar-refractivity contribution in [2.24, 2.45) is 0 Å². The second-order valence-electron chi connectivity index (χ2n) is 13.3. The van der Waals surface area contributed by atoms with Crippen molar-refractivity contribution in [1.29, 1.82) is 0 Å². The van der Waals surface area contributed by atoms with Gasteiger partial charge in [0.15, 0.2) is 0 Å². The molecule has 5 heterocycles. The van der Waals surface area contributed by atoms with E-state index in [0.29, 0.717) is 0 Å². The summed E-state index contributed by atoms with van der Waals surface area (Å²) in [5, 5.41) is 2.16. The maximum absolute atomic E-state index is 6.32. The SMILES string of the molecule is c1ccc(-c2nc(-c3ccc4c(c3)oc3ccccc34)c(-c3ccccc3)nc2-c2ccc(-c3cc(-c4ccccn4)nc(-c4ccccn4)c3)cc2)cc1. The van der Waals surface area contributed by atoms with E-state index in [-0.39, 0.29) is 0 Å². The molecule has 5 aromatic carbocycles. The Kier molecular flexibility index (Phi) is 8.04. The van der Waals surface area contributed by atoms with E-state index in [1.165, 1.54) is 0 Å². The summed E-state index contributed by atoms with van der Waals surface area (Å²) in [6, 6.07) is 59.4. The fourth-order valence-corrected chi connectivity index (χ4v) is 7.11. The topological polar surface area (TPSA) is 77.6 Å². The van der Waals surface area contributed by atoms with Crippen molar-refractivity contribution in [3.05, 3.63) is 188 Å². The summed E-state index contributed by atoms with van der Waals surface area (Å²) >= 11 is 0. The highest BCUT2D eigenvalue weighted by Crippen LogP contribution is 2.40. The Bertz CT molecular complexity index is 2890. The van der Waals surface area contributed by atoms with Gasteiger partial charge in [0.1, 0.15) is 11.2 Å². The Morgan fingerprint density at radius 3 is 1.35 bits per heavy atom. The van der Waals surface area contributed by atoms with Gasteiger partial charge in [-0.2, -0.15) is 0 Å². The van der Waals surface area contributed by atoms with E-state index in [1.54, 1.807) is 12.4 Å². The van der Waals surface area contributed by atoms with Crippen LogP contribution >= 0.6 is 0 Å². The number of nitrogens with zero attached hydrogens (tertiary/aromatic N) is 5. The Hall–Kier alpha value is -7.57. The Balaban J connectivity index is 1.13. The Labute approximate surface area is 317 Å². The van der Waals surface area contributed by atoms with E-state index in [0.717, 1.165) is 101 Å². The number of pyridine rings is 3. The molecule has 0 atom stereocenters. The second-order valence-corrected chi connectivity index (χ2v) is 13.3. The smallest absolute Gasteiger partial charge is 0.136 e. The van der Waals surface area contributed by atoms with Gasteiger partial charge < -0.3 is 4.42 Å². The van der Waals surface area contributed by atoms with Crippen LogP contribution in [0.25, 0.3) is 101 Å². The molecule has 10 rings (SSSR count). The Morgan fingerprint density at radius 1 is 0.291 bits per heavy atom. The van der Waals surface area contributed by atoms with Gasteiger partial charge in [0.05, 0.1) is 45.6 Å². The number of hydrogen-bond acceptors (Lipinski definition) is 6. The minimum atomic E-state index is 0.781. The van der Waals surface area contributed by atoms with Gasteiger partial charge in [0.25, 0.3) is 0 Å². The first-order chi connectivity index (χ1) is 27.2. The standard InChI is InChI=1S/C49H31N5O/c1-3-13-33(14-4-1)46-48(35-23-21-32(22-24-35)37-29-42(40-18-9-11-27-50-40)52-43(30-37)41-19-10-12-28-51-41)53-47(34-15-5-2-6-16-34)49(54-46)36-25-26-39-38-17-7-8-20-44(38)55-45(39)31-36/h1-31H. The fourth-order valence-electron chi connectivity index (χ4n) is 7.11. The first-order valence-corrected chi connectivity index (χ1v) is 18.2. The largest absolute Gasteiger partial charge is 0.456 e. The van der Waals surface area contributed by atoms with E-state index in [2.05, 4.69) is 94.9 Å². The molecule has 0 spiro atoms. The molecular formula is C49H31N5O. The fraction of sp³-hybridized carbons (Fsp3) is 0. The van der Waals surface area contributed by atoms with Crippen molar-refractivity contribution >= 4 is 21.9 Å². The molecule has 10 aromatic rings. The third-order valence-electron chi connectivity index (χ3n) is 9.81. The van der Waals surface area contributed by atoms with Crippen LogP contribution in [0.3, 0.4) is 0 Å². The van der Waals surface area contributed by atoms with E-state index in [4.69, 9.17) is 19.4 Å². The summed E-state index contributed by atoms with van der Waals surface area (Å²) < 4.78 is 6.32. The number of fused-ring (bicyclic) bond motifs is 3. The zero-order valence-electron chi connectivity index (χ0n) is 29.5. The zero-order chi connectivity index (χ0) is 36.6. The summed E-state index contributed by atoms with van der Waals surface area (Å²) in [6.45, 7) is 0. The van der Waals surface area contributed by atoms with Crippen LogP contribution in [0.15, 0.2) is 193 Å². The summed E-state index contributed by atoms with van der Waals surface area (Å²) in [4.78, 5) is 25.1. The van der Waals surface area contributed by atoms with Crippen LogP contribution in [0.2, 0.25) is 0 Å². The molecule has 0 radical (unpaired) electrons. The molecule has 0 aliphatic rings. The molecule has 6 heteroatoms. The lowest BCUT2D eigenvalue weighted by atomic mass is 9.97. The third kappa shape index (κ3) is 6.11. The molecule has 55 heavy (non-hydrogen) atoms. The van der Waals surface area contributed by atoms with Crippen molar-refractivity contribution in [1.82, 2.24) is 24.9 Å². The molecule has 0 N–H and O–H groups in total. The molecule has 0 unspecified atom stereocenters. The van der Waals surface area contributed by atoms with Crippen LogP contribution in [-0.4, -0.2) is 24.9 Å². The van der Waals surface area contributed by atoms with Gasteiger partial charge in [-0.25, -0.2) is 15.0 Å². The van der Waals surface area contributed by atoms with Gasteiger partial charge in [-0.1, -0.05) is 121 Å². The summed E-state index contributed by atoms with van der Waals surface area (Å²) in [7, 11) is 0. The molecule has 258 valence electrons. The van der Waals surface area contributed by atoms with Gasteiger partial charge in [-0.3, -0.25) is 9.97 Å². The number of para-hydroxylation sites is 1. The first kappa shape index (κ1) is 32.1. The number of benzene rings is 5. The molecule has 6 nitrogen and oxygen atoms in total. The first-order valence-electron chi connectivity index (χ1n) is 18.2. The predicted octanol–water partition coefficient (Wildman–Crippen LogP) is 12.2. The molecule has 0 aliphatic heterocycles. The number of rotatable bonds is 7. The summed E-state index contributed by atoms with van der Waals surface area (Å²) in [6.07, 6.45) is 3.58. The quantitative estimate of drug-likeness (QED) is 0.164. The van der Waals surface area contributed by atoms with Crippen molar-refractivity contribution in [3.8, 4) is 78.9 Å². The predicted molar refractivity (Wildman–Crippen MR) is 221 cm³/mol. The van der Waals surface area contributed by atoms with Gasteiger partial charge in [-0.05, 0) is 65.7 Å². The van der Waals surface area contributed by atoms with Crippen molar-refractivity contribution < 1.29 is 4.42 Å². The lowest BCUT2D eigenvalue weighted by Crippen LogP contribution is -2.01. The zero-order valence-corrected chi connectivity index (χ0v) is 29.5. The van der Waals surface area contributed by atoms with Gasteiger partial charge in [-0.15, -0.1) is 0 Å². The molecule has 0 saturated heterocycles. The average Bonchev–Trinajstić information content (AvgIpc) is 3.65. The molecule has 0 saturated carbocycles. The lowest BCUT2D eigenvalue weighted by molar-refractivity contribution is 0.669. The molecular weight excluding hydrogens is 675 g/mol. The van der Waals surface area contributed by atoms with Crippen LogP contribution in [0, 0.1) is 0 Å². The van der Waals surface area contributed by atoms with Gasteiger partial charge >= 0.3 is 0 Å². The van der Waals surface area contributed by atoms with E-state index in [9.17, 15) is 0 Å². The normalized spacial score (nSPS) is 11.3. The van der Waals surface area contributed by atoms with E-state index >= 15 is 0 Å². The summed E-state index contributed by atoms with van der Waals surface area (Å²) in [5.41, 5.74) is 13.9. The molecule has 0 amide bonds. The minimum Gasteiger partial charge on any atom is -0.456 e. The van der Waals surface area contributed by atoms with Gasteiger partial charge in [0, 0.05) is 45.4 Å². The maximum atomic E-state index is 6.32. The maximum Gasteiger partial charge on any atom is 0.136 e. The van der Waals surface area contributed by atoms with Crippen LogP contribution in [0.1, 0.15) is 0 Å². The van der Waals surface area contributed by atoms with Crippen LogP contribution in [0.4, 0.5) is 0 Å². The molecule has 5 aromatic heterocycles. The monoisotopic (exact) mass is 705 g/mol. The second kappa shape index (κ2) is 13.8. The molecule has 0 aliphatic carbocycles.